The molecule has 0 atom stereocenters. The van der Waals surface area contributed by atoms with Crippen LogP contribution in [0.25, 0.3) is 0 Å². The number of benzene rings is 1. The zero-order valence-electron chi connectivity index (χ0n) is 12.2. The summed E-state index contributed by atoms with van der Waals surface area (Å²) >= 11 is 0. The minimum Gasteiger partial charge on any atom is -0.367 e. The molecule has 0 unspecified atom stereocenters. The van der Waals surface area contributed by atoms with Crippen molar-refractivity contribution in [1.82, 2.24) is 0 Å². The van der Waals surface area contributed by atoms with Gasteiger partial charge in [0, 0.05) is 12.2 Å². The van der Waals surface area contributed by atoms with Gasteiger partial charge < -0.3 is 4.74 Å². The van der Waals surface area contributed by atoms with Crippen molar-refractivity contribution >= 4 is 5.78 Å². The average molecular weight is 248 g/mol. The third-order valence-corrected chi connectivity index (χ3v) is 3.60. The second kappa shape index (κ2) is 6.14. The van der Waals surface area contributed by atoms with Crippen LogP contribution in [0, 0.1) is 13.8 Å². The highest BCUT2D eigenvalue weighted by atomic mass is 16.5. The molecule has 0 aliphatic heterocycles. The Bertz CT molecular complexity index is 417. The SMILES string of the molecule is CCOC(CC)(CC)C(=O)c1ccc(C)cc1C. The number of carbonyl (C=O) groups is 1. The van der Waals surface area contributed by atoms with E-state index in [4.69, 9.17) is 4.74 Å². The molecule has 1 aromatic rings. The van der Waals surface area contributed by atoms with Crippen molar-refractivity contribution in [3.63, 3.8) is 0 Å². The lowest BCUT2D eigenvalue weighted by molar-refractivity contribution is -0.0250. The molecule has 0 radical (unpaired) electrons. The summed E-state index contributed by atoms with van der Waals surface area (Å²) in [5.74, 6) is 0.117. The largest absolute Gasteiger partial charge is 0.367 e. The summed E-state index contributed by atoms with van der Waals surface area (Å²) in [5, 5.41) is 0. The fraction of sp³-hybridized carbons (Fsp3) is 0.562. The van der Waals surface area contributed by atoms with E-state index in [9.17, 15) is 4.79 Å². The van der Waals surface area contributed by atoms with Gasteiger partial charge in [0.15, 0.2) is 5.78 Å². The molecular formula is C16H24O2. The molecule has 0 amide bonds. The van der Waals surface area contributed by atoms with E-state index in [1.165, 1.54) is 5.56 Å². The minimum absolute atomic E-state index is 0.117. The summed E-state index contributed by atoms with van der Waals surface area (Å²) in [5.41, 5.74) is 2.34. The monoisotopic (exact) mass is 248 g/mol. The third kappa shape index (κ3) is 2.81. The van der Waals surface area contributed by atoms with Crippen molar-refractivity contribution in [3.8, 4) is 0 Å². The van der Waals surface area contributed by atoms with Crippen LogP contribution in [-0.4, -0.2) is 18.0 Å². The van der Waals surface area contributed by atoms with Crippen molar-refractivity contribution in [1.29, 1.82) is 0 Å². The molecule has 0 saturated heterocycles. The van der Waals surface area contributed by atoms with Crippen LogP contribution in [0.4, 0.5) is 0 Å². The number of carbonyl (C=O) groups excluding carboxylic acids is 1. The summed E-state index contributed by atoms with van der Waals surface area (Å²) in [6.07, 6.45) is 1.42. The van der Waals surface area contributed by atoms with Crippen LogP contribution in [0.1, 0.15) is 55.1 Å². The van der Waals surface area contributed by atoms with Gasteiger partial charge in [-0.3, -0.25) is 4.79 Å². The van der Waals surface area contributed by atoms with E-state index in [1.54, 1.807) is 0 Å². The van der Waals surface area contributed by atoms with Gasteiger partial charge >= 0.3 is 0 Å². The Morgan fingerprint density at radius 2 is 1.78 bits per heavy atom. The van der Waals surface area contributed by atoms with Gasteiger partial charge in [0.25, 0.3) is 0 Å². The zero-order valence-corrected chi connectivity index (χ0v) is 12.2. The van der Waals surface area contributed by atoms with Crippen molar-refractivity contribution in [3.05, 3.63) is 34.9 Å². The summed E-state index contributed by atoms with van der Waals surface area (Å²) in [7, 11) is 0. The summed E-state index contributed by atoms with van der Waals surface area (Å²) < 4.78 is 5.78. The van der Waals surface area contributed by atoms with Crippen LogP contribution in [-0.2, 0) is 4.74 Å². The summed E-state index contributed by atoms with van der Waals surface area (Å²) in [6, 6.07) is 5.96. The average Bonchev–Trinajstić information content (AvgIpc) is 2.35. The lowest BCUT2D eigenvalue weighted by Gasteiger charge is -2.30. The Morgan fingerprint density at radius 3 is 2.22 bits per heavy atom. The quantitative estimate of drug-likeness (QED) is 0.709. The van der Waals surface area contributed by atoms with Gasteiger partial charge in [-0.2, -0.15) is 0 Å². The lowest BCUT2D eigenvalue weighted by atomic mass is 9.85. The number of aryl methyl sites for hydroxylation is 2. The highest BCUT2D eigenvalue weighted by Gasteiger charge is 2.36. The molecule has 0 aliphatic rings. The molecule has 2 nitrogen and oxygen atoms in total. The van der Waals surface area contributed by atoms with Crippen molar-refractivity contribution in [2.75, 3.05) is 6.61 Å². The molecule has 0 bridgehead atoms. The molecule has 0 N–H and O–H groups in total. The van der Waals surface area contributed by atoms with Crippen molar-refractivity contribution in [2.45, 2.75) is 53.1 Å². The Balaban J connectivity index is 3.17. The van der Waals surface area contributed by atoms with E-state index >= 15 is 0 Å². The molecule has 2 heteroatoms. The lowest BCUT2D eigenvalue weighted by Crippen LogP contribution is -2.41. The number of ether oxygens (including phenoxy) is 1. The molecule has 18 heavy (non-hydrogen) atoms. The van der Waals surface area contributed by atoms with Crippen LogP contribution < -0.4 is 0 Å². The molecule has 0 fully saturated rings. The van der Waals surface area contributed by atoms with Crippen LogP contribution in [0.15, 0.2) is 18.2 Å². The van der Waals surface area contributed by atoms with Gasteiger partial charge in [-0.1, -0.05) is 37.6 Å². The van der Waals surface area contributed by atoms with E-state index < -0.39 is 5.60 Å². The highest BCUT2D eigenvalue weighted by molar-refractivity contribution is 6.03. The maximum Gasteiger partial charge on any atom is 0.194 e. The Labute approximate surface area is 110 Å². The van der Waals surface area contributed by atoms with Crippen LogP contribution in [0.3, 0.4) is 0 Å². The van der Waals surface area contributed by atoms with Gasteiger partial charge in [-0.25, -0.2) is 0 Å². The second-order valence-electron chi connectivity index (χ2n) is 4.78. The first-order valence-electron chi connectivity index (χ1n) is 6.76. The number of hydrogen-bond acceptors (Lipinski definition) is 2. The first kappa shape index (κ1) is 14.9. The van der Waals surface area contributed by atoms with Gasteiger partial charge in [0.2, 0.25) is 0 Å². The zero-order chi connectivity index (χ0) is 13.8. The number of Topliss-reactive ketones (excluding diaryl/α,β-unsaturated/α-hetero) is 1. The van der Waals surface area contributed by atoms with E-state index in [-0.39, 0.29) is 5.78 Å². The maximum absolute atomic E-state index is 12.7. The molecule has 0 saturated carbocycles. The Morgan fingerprint density at radius 1 is 1.17 bits per heavy atom. The standard InChI is InChI=1S/C16H24O2/c1-6-16(7-2,18-8-3)15(17)14-10-9-12(4)11-13(14)5/h9-11H,6-8H2,1-5H3. The molecule has 100 valence electrons. The normalized spacial score (nSPS) is 11.6. The van der Waals surface area contributed by atoms with Gasteiger partial charge in [0.1, 0.15) is 5.60 Å². The van der Waals surface area contributed by atoms with Crippen molar-refractivity contribution < 1.29 is 9.53 Å². The molecular weight excluding hydrogens is 224 g/mol. The molecule has 0 spiro atoms. The highest BCUT2D eigenvalue weighted by Crippen LogP contribution is 2.27. The summed E-state index contributed by atoms with van der Waals surface area (Å²) in [6.45, 7) is 10.6. The van der Waals surface area contributed by atoms with Crippen LogP contribution >= 0.6 is 0 Å². The third-order valence-electron chi connectivity index (χ3n) is 3.60. The number of rotatable bonds is 6. The van der Waals surface area contributed by atoms with Gasteiger partial charge in [-0.05, 0) is 39.2 Å². The second-order valence-corrected chi connectivity index (χ2v) is 4.78. The Hall–Kier alpha value is -1.15. The van der Waals surface area contributed by atoms with Crippen LogP contribution in [0.5, 0.6) is 0 Å². The maximum atomic E-state index is 12.7. The first-order valence-corrected chi connectivity index (χ1v) is 6.76. The molecule has 0 aromatic heterocycles. The topological polar surface area (TPSA) is 26.3 Å². The van der Waals surface area contributed by atoms with E-state index in [1.807, 2.05) is 46.8 Å². The molecule has 0 heterocycles. The predicted octanol–water partition coefficient (Wildman–Crippen LogP) is 4.08. The number of hydrogen-bond donors (Lipinski definition) is 0. The summed E-state index contributed by atoms with van der Waals surface area (Å²) in [4.78, 5) is 12.7. The van der Waals surface area contributed by atoms with E-state index in [0.29, 0.717) is 19.4 Å². The van der Waals surface area contributed by atoms with Gasteiger partial charge in [-0.15, -0.1) is 0 Å². The van der Waals surface area contributed by atoms with E-state index in [0.717, 1.165) is 11.1 Å². The Kier molecular flexibility index (Phi) is 5.09. The smallest absolute Gasteiger partial charge is 0.194 e. The van der Waals surface area contributed by atoms with E-state index in [2.05, 4.69) is 6.07 Å². The first-order chi connectivity index (χ1) is 8.50. The fourth-order valence-electron chi connectivity index (χ4n) is 2.43. The van der Waals surface area contributed by atoms with Gasteiger partial charge in [0.05, 0.1) is 0 Å². The van der Waals surface area contributed by atoms with Crippen molar-refractivity contribution in [2.24, 2.45) is 0 Å². The minimum atomic E-state index is -0.658. The fourth-order valence-corrected chi connectivity index (χ4v) is 2.43. The van der Waals surface area contributed by atoms with Crippen LogP contribution in [0.2, 0.25) is 0 Å². The predicted molar refractivity (Wildman–Crippen MR) is 75.2 cm³/mol. The molecule has 1 rings (SSSR count). The molecule has 1 aromatic carbocycles. The molecule has 0 aliphatic carbocycles. The number of ketones is 1.